The highest BCUT2D eigenvalue weighted by Crippen LogP contribution is 2.27. The van der Waals surface area contributed by atoms with Crippen LogP contribution < -0.4 is 4.74 Å². The summed E-state index contributed by atoms with van der Waals surface area (Å²) in [5.41, 5.74) is 0.771. The monoisotopic (exact) mass is 326 g/mol. The van der Waals surface area contributed by atoms with Crippen LogP contribution in [0, 0.1) is 0 Å². The minimum absolute atomic E-state index is 0.221. The minimum Gasteiger partial charge on any atom is -0.492 e. The van der Waals surface area contributed by atoms with E-state index >= 15 is 0 Å². The summed E-state index contributed by atoms with van der Waals surface area (Å²) in [7, 11) is 0. The number of rotatable bonds is 9. The van der Waals surface area contributed by atoms with Gasteiger partial charge in [0.25, 0.3) is 0 Å². The maximum absolute atomic E-state index is 12.0. The van der Waals surface area contributed by atoms with Crippen LogP contribution in [0.5, 0.6) is 5.75 Å². The van der Waals surface area contributed by atoms with E-state index in [4.69, 9.17) is 4.74 Å². The zero-order valence-electron chi connectivity index (χ0n) is 11.9. The standard InChI is InChI=1S/C16H23BrO2/c1-3-5-6-7-8-15(18)13-9-10-16(14(17)12-13)19-11-4-2/h9-10,12H,3-8,11H2,1-2H3. The zero-order chi connectivity index (χ0) is 14.1. The van der Waals surface area contributed by atoms with E-state index in [-0.39, 0.29) is 5.78 Å². The number of benzene rings is 1. The maximum Gasteiger partial charge on any atom is 0.162 e. The van der Waals surface area contributed by atoms with Crippen LogP contribution in [-0.4, -0.2) is 12.4 Å². The van der Waals surface area contributed by atoms with Crippen molar-refractivity contribution in [2.75, 3.05) is 6.61 Å². The molecule has 0 N–H and O–H groups in total. The van der Waals surface area contributed by atoms with Crippen LogP contribution in [0.1, 0.15) is 62.7 Å². The SMILES string of the molecule is CCCCCCC(=O)c1ccc(OCCC)c(Br)c1. The van der Waals surface area contributed by atoms with Crippen molar-refractivity contribution in [2.45, 2.75) is 52.4 Å². The number of Topliss-reactive ketones (excluding diaryl/α,β-unsaturated/α-hetero) is 1. The Morgan fingerprint density at radius 3 is 2.58 bits per heavy atom. The molecule has 0 heterocycles. The van der Waals surface area contributed by atoms with Gasteiger partial charge in [-0.3, -0.25) is 4.79 Å². The Morgan fingerprint density at radius 2 is 1.95 bits per heavy atom. The minimum atomic E-state index is 0.221. The lowest BCUT2D eigenvalue weighted by molar-refractivity contribution is 0.0979. The maximum atomic E-state index is 12.0. The van der Waals surface area contributed by atoms with E-state index in [9.17, 15) is 4.79 Å². The van der Waals surface area contributed by atoms with Crippen LogP contribution in [-0.2, 0) is 0 Å². The summed E-state index contributed by atoms with van der Waals surface area (Å²) in [6.45, 7) is 4.94. The molecule has 0 amide bonds. The number of hydrogen-bond donors (Lipinski definition) is 0. The van der Waals surface area contributed by atoms with Gasteiger partial charge < -0.3 is 4.74 Å². The number of ether oxygens (including phenoxy) is 1. The van der Waals surface area contributed by atoms with Gasteiger partial charge in [-0.05, 0) is 47.0 Å². The Labute approximate surface area is 124 Å². The average molecular weight is 327 g/mol. The molecule has 0 aliphatic heterocycles. The van der Waals surface area contributed by atoms with Crippen molar-refractivity contribution in [3.05, 3.63) is 28.2 Å². The van der Waals surface area contributed by atoms with Gasteiger partial charge in [-0.25, -0.2) is 0 Å². The molecule has 1 rings (SSSR count). The van der Waals surface area contributed by atoms with Gasteiger partial charge in [0.15, 0.2) is 5.78 Å². The summed E-state index contributed by atoms with van der Waals surface area (Å²) < 4.78 is 6.44. The van der Waals surface area contributed by atoms with Crippen LogP contribution in [0.25, 0.3) is 0 Å². The lowest BCUT2D eigenvalue weighted by Gasteiger charge is -2.08. The molecule has 0 saturated heterocycles. The molecule has 1 aromatic rings. The first-order valence-corrected chi connectivity index (χ1v) is 7.93. The molecule has 1 aromatic carbocycles. The number of unbranched alkanes of at least 4 members (excludes halogenated alkanes) is 3. The van der Waals surface area contributed by atoms with Gasteiger partial charge in [-0.1, -0.05) is 33.1 Å². The van der Waals surface area contributed by atoms with Crippen molar-refractivity contribution in [2.24, 2.45) is 0 Å². The Balaban J connectivity index is 2.54. The summed E-state index contributed by atoms with van der Waals surface area (Å²) in [5, 5.41) is 0. The Hall–Kier alpha value is -0.830. The van der Waals surface area contributed by atoms with Gasteiger partial charge in [-0.15, -0.1) is 0 Å². The Kier molecular flexibility index (Phi) is 7.80. The van der Waals surface area contributed by atoms with Crippen molar-refractivity contribution in [1.29, 1.82) is 0 Å². The molecule has 0 spiro atoms. The smallest absolute Gasteiger partial charge is 0.162 e. The first kappa shape index (κ1) is 16.2. The second-order valence-electron chi connectivity index (χ2n) is 4.73. The van der Waals surface area contributed by atoms with Gasteiger partial charge >= 0.3 is 0 Å². The molecule has 0 radical (unpaired) electrons. The van der Waals surface area contributed by atoms with Crippen LogP contribution in [0.4, 0.5) is 0 Å². The zero-order valence-corrected chi connectivity index (χ0v) is 13.5. The molecule has 0 unspecified atom stereocenters. The summed E-state index contributed by atoms with van der Waals surface area (Å²) in [4.78, 5) is 12.0. The fraction of sp³-hybridized carbons (Fsp3) is 0.562. The van der Waals surface area contributed by atoms with Gasteiger partial charge in [0.2, 0.25) is 0 Å². The van der Waals surface area contributed by atoms with E-state index < -0.39 is 0 Å². The first-order valence-electron chi connectivity index (χ1n) is 7.14. The van der Waals surface area contributed by atoms with E-state index in [0.717, 1.165) is 35.0 Å². The van der Waals surface area contributed by atoms with Crippen LogP contribution in [0.2, 0.25) is 0 Å². The summed E-state index contributed by atoms with van der Waals surface area (Å²) in [6.07, 6.45) is 6.15. The normalized spacial score (nSPS) is 10.5. The number of halogens is 1. The predicted molar refractivity (Wildman–Crippen MR) is 83.0 cm³/mol. The van der Waals surface area contributed by atoms with E-state index in [1.165, 1.54) is 12.8 Å². The van der Waals surface area contributed by atoms with Crippen molar-refractivity contribution >= 4 is 21.7 Å². The van der Waals surface area contributed by atoms with E-state index in [0.29, 0.717) is 13.0 Å². The molecular formula is C16H23BrO2. The number of ketones is 1. The third-order valence-corrected chi connectivity index (χ3v) is 3.59. The molecule has 0 bridgehead atoms. The molecule has 0 atom stereocenters. The van der Waals surface area contributed by atoms with Crippen LogP contribution in [0.3, 0.4) is 0 Å². The summed E-state index contributed by atoms with van der Waals surface area (Å²) in [6, 6.07) is 5.60. The molecule has 0 fully saturated rings. The van der Waals surface area contributed by atoms with Crippen molar-refractivity contribution in [3.63, 3.8) is 0 Å². The van der Waals surface area contributed by atoms with Crippen LogP contribution in [0.15, 0.2) is 22.7 Å². The van der Waals surface area contributed by atoms with Gasteiger partial charge in [0.1, 0.15) is 5.75 Å². The molecule has 0 aliphatic rings. The Bertz CT molecular complexity index is 402. The van der Waals surface area contributed by atoms with Gasteiger partial charge in [0, 0.05) is 12.0 Å². The van der Waals surface area contributed by atoms with Crippen molar-refractivity contribution in [3.8, 4) is 5.75 Å². The molecule has 0 saturated carbocycles. The molecule has 3 heteroatoms. The third-order valence-electron chi connectivity index (χ3n) is 2.97. The highest BCUT2D eigenvalue weighted by molar-refractivity contribution is 9.10. The van der Waals surface area contributed by atoms with E-state index in [1.807, 2.05) is 18.2 Å². The van der Waals surface area contributed by atoms with Crippen molar-refractivity contribution in [1.82, 2.24) is 0 Å². The van der Waals surface area contributed by atoms with E-state index in [2.05, 4.69) is 29.8 Å². The highest BCUT2D eigenvalue weighted by Gasteiger charge is 2.09. The summed E-state index contributed by atoms with van der Waals surface area (Å²) in [5.74, 6) is 1.03. The number of hydrogen-bond acceptors (Lipinski definition) is 2. The molecule has 106 valence electrons. The lowest BCUT2D eigenvalue weighted by atomic mass is 10.0. The van der Waals surface area contributed by atoms with E-state index in [1.54, 1.807) is 0 Å². The second kappa shape index (κ2) is 9.13. The average Bonchev–Trinajstić information content (AvgIpc) is 2.42. The van der Waals surface area contributed by atoms with Gasteiger partial charge in [-0.2, -0.15) is 0 Å². The highest BCUT2D eigenvalue weighted by atomic mass is 79.9. The number of carbonyl (C=O) groups is 1. The number of carbonyl (C=O) groups excluding carboxylic acids is 1. The second-order valence-corrected chi connectivity index (χ2v) is 5.58. The molecule has 0 aromatic heterocycles. The third kappa shape index (κ3) is 5.77. The fourth-order valence-electron chi connectivity index (χ4n) is 1.86. The quantitative estimate of drug-likeness (QED) is 0.449. The Morgan fingerprint density at radius 1 is 1.16 bits per heavy atom. The topological polar surface area (TPSA) is 26.3 Å². The molecule has 19 heavy (non-hydrogen) atoms. The molecule has 0 aliphatic carbocycles. The molecule has 2 nitrogen and oxygen atoms in total. The van der Waals surface area contributed by atoms with Gasteiger partial charge in [0.05, 0.1) is 11.1 Å². The largest absolute Gasteiger partial charge is 0.492 e. The van der Waals surface area contributed by atoms with Crippen LogP contribution >= 0.6 is 15.9 Å². The van der Waals surface area contributed by atoms with Crippen molar-refractivity contribution < 1.29 is 9.53 Å². The first-order chi connectivity index (χ1) is 9.19. The fourth-order valence-corrected chi connectivity index (χ4v) is 2.35. The lowest BCUT2D eigenvalue weighted by Crippen LogP contribution is -2.01. The summed E-state index contributed by atoms with van der Waals surface area (Å²) >= 11 is 3.46. The molecular weight excluding hydrogens is 304 g/mol. The predicted octanol–water partition coefficient (Wildman–Crippen LogP) is 5.39.